The molecule has 0 aliphatic carbocycles. The Hall–Kier alpha value is -0.120. The van der Waals surface area contributed by atoms with Gasteiger partial charge in [0.05, 0.1) is 6.17 Å². The highest BCUT2D eigenvalue weighted by molar-refractivity contribution is 4.75. The lowest BCUT2D eigenvalue weighted by atomic mass is 10.00. The molecule has 3 heteroatoms. The van der Waals surface area contributed by atoms with E-state index in [0.29, 0.717) is 0 Å². The van der Waals surface area contributed by atoms with Crippen molar-refractivity contribution in [1.29, 1.82) is 0 Å². The van der Waals surface area contributed by atoms with Crippen molar-refractivity contribution < 1.29 is 0 Å². The van der Waals surface area contributed by atoms with Gasteiger partial charge >= 0.3 is 0 Å². The van der Waals surface area contributed by atoms with Crippen molar-refractivity contribution in [3.05, 3.63) is 0 Å². The van der Waals surface area contributed by atoms with Gasteiger partial charge in [-0.3, -0.25) is 0 Å². The zero-order chi connectivity index (χ0) is 7.40. The summed E-state index contributed by atoms with van der Waals surface area (Å²) in [7, 11) is 0. The van der Waals surface area contributed by atoms with Crippen LogP contribution in [0, 0.1) is 5.92 Å². The van der Waals surface area contributed by atoms with E-state index in [4.69, 9.17) is 5.73 Å². The molecule has 0 amide bonds. The first-order valence-corrected chi connectivity index (χ1v) is 3.98. The number of nitrogens with one attached hydrogen (secondary N) is 2. The average Bonchev–Trinajstić information content (AvgIpc) is 1.75. The van der Waals surface area contributed by atoms with E-state index in [0.717, 1.165) is 12.5 Å². The first-order chi connectivity index (χ1) is 4.79. The summed E-state index contributed by atoms with van der Waals surface area (Å²) in [4.78, 5) is 0. The molecule has 10 heavy (non-hydrogen) atoms. The average molecular weight is 143 g/mol. The molecule has 4 N–H and O–H groups in total. The predicted molar refractivity (Wildman–Crippen MR) is 42.6 cm³/mol. The Morgan fingerprint density at radius 3 is 2.80 bits per heavy atom. The molecule has 0 saturated carbocycles. The molecule has 3 nitrogen and oxygen atoms in total. The Labute approximate surface area is 62.4 Å². The molecular weight excluding hydrogens is 126 g/mol. The normalized spacial score (nSPS) is 22.2. The summed E-state index contributed by atoms with van der Waals surface area (Å²) in [6.45, 7) is 5.42. The summed E-state index contributed by atoms with van der Waals surface area (Å²) < 4.78 is 0. The third-order valence-electron chi connectivity index (χ3n) is 1.88. The highest BCUT2D eigenvalue weighted by Gasteiger charge is 2.15. The second-order valence-electron chi connectivity index (χ2n) is 3.06. The number of rotatable bonds is 4. The Balaban J connectivity index is 1.85. The standard InChI is InChI=1S/C7H17N3/c1-6(8)10-3-2-7-4-9-5-7/h6-7,9-10H,2-5,8H2,1H3. The lowest BCUT2D eigenvalue weighted by molar-refractivity contribution is 0.318. The maximum Gasteiger partial charge on any atom is 0.0517 e. The first-order valence-electron chi connectivity index (χ1n) is 3.98. The molecule has 1 aliphatic heterocycles. The second kappa shape index (κ2) is 3.91. The van der Waals surface area contributed by atoms with Gasteiger partial charge in [-0.25, -0.2) is 0 Å². The smallest absolute Gasteiger partial charge is 0.0517 e. The van der Waals surface area contributed by atoms with Crippen LogP contribution in [-0.2, 0) is 0 Å². The maximum absolute atomic E-state index is 5.51. The molecule has 60 valence electrons. The quantitative estimate of drug-likeness (QED) is 0.465. The van der Waals surface area contributed by atoms with Crippen molar-refractivity contribution in [2.75, 3.05) is 19.6 Å². The van der Waals surface area contributed by atoms with Crippen LogP contribution in [0.4, 0.5) is 0 Å². The molecular formula is C7H17N3. The van der Waals surface area contributed by atoms with Crippen LogP contribution in [-0.4, -0.2) is 25.8 Å². The first kappa shape index (κ1) is 7.98. The third-order valence-corrected chi connectivity index (χ3v) is 1.88. The van der Waals surface area contributed by atoms with Crippen molar-refractivity contribution in [1.82, 2.24) is 10.6 Å². The van der Waals surface area contributed by atoms with Gasteiger partial charge in [0.15, 0.2) is 0 Å². The van der Waals surface area contributed by atoms with Gasteiger partial charge in [0.25, 0.3) is 0 Å². The largest absolute Gasteiger partial charge is 0.316 e. The van der Waals surface area contributed by atoms with E-state index in [1.54, 1.807) is 0 Å². The summed E-state index contributed by atoms with van der Waals surface area (Å²) >= 11 is 0. The summed E-state index contributed by atoms with van der Waals surface area (Å²) in [6, 6.07) is 0. The molecule has 1 saturated heterocycles. The van der Waals surface area contributed by atoms with Crippen molar-refractivity contribution in [3.63, 3.8) is 0 Å². The van der Waals surface area contributed by atoms with Gasteiger partial charge in [-0.2, -0.15) is 0 Å². The Morgan fingerprint density at radius 2 is 2.40 bits per heavy atom. The molecule has 1 heterocycles. The van der Waals surface area contributed by atoms with E-state index in [-0.39, 0.29) is 6.17 Å². The second-order valence-corrected chi connectivity index (χ2v) is 3.06. The number of hydrogen-bond acceptors (Lipinski definition) is 3. The highest BCUT2D eigenvalue weighted by atomic mass is 15.0. The molecule has 0 radical (unpaired) electrons. The van der Waals surface area contributed by atoms with Crippen LogP contribution in [0.3, 0.4) is 0 Å². The monoisotopic (exact) mass is 143 g/mol. The minimum absolute atomic E-state index is 0.146. The van der Waals surface area contributed by atoms with Gasteiger partial charge in [0, 0.05) is 0 Å². The van der Waals surface area contributed by atoms with Crippen LogP contribution < -0.4 is 16.4 Å². The molecule has 1 rings (SSSR count). The lowest BCUT2D eigenvalue weighted by Gasteiger charge is -2.27. The minimum atomic E-state index is 0.146. The van der Waals surface area contributed by atoms with Crippen LogP contribution >= 0.6 is 0 Å². The van der Waals surface area contributed by atoms with Gasteiger partial charge in [0.2, 0.25) is 0 Å². The fourth-order valence-electron chi connectivity index (χ4n) is 1.07. The number of nitrogens with two attached hydrogens (primary N) is 1. The molecule has 0 bridgehead atoms. The molecule has 1 aliphatic rings. The predicted octanol–water partition coefficient (Wildman–Crippen LogP) is -0.510. The molecule has 0 aromatic carbocycles. The van der Waals surface area contributed by atoms with Crippen LogP contribution in [0.15, 0.2) is 0 Å². The fourth-order valence-corrected chi connectivity index (χ4v) is 1.07. The SMILES string of the molecule is CC(N)NCCC1CNC1. The van der Waals surface area contributed by atoms with Gasteiger partial charge in [-0.05, 0) is 38.9 Å². The van der Waals surface area contributed by atoms with Gasteiger partial charge in [-0.1, -0.05) is 0 Å². The van der Waals surface area contributed by atoms with Gasteiger partial charge < -0.3 is 16.4 Å². The van der Waals surface area contributed by atoms with Crippen molar-refractivity contribution in [2.45, 2.75) is 19.5 Å². The molecule has 0 aromatic heterocycles. The highest BCUT2D eigenvalue weighted by Crippen LogP contribution is 2.06. The Bertz CT molecular complexity index is 88.9. The molecule has 1 atom stereocenters. The van der Waals surface area contributed by atoms with E-state index in [1.807, 2.05) is 6.92 Å². The topological polar surface area (TPSA) is 50.1 Å². The summed E-state index contributed by atoms with van der Waals surface area (Å²) in [5.74, 6) is 0.895. The van der Waals surface area contributed by atoms with Crippen LogP contribution in [0.1, 0.15) is 13.3 Å². The molecule has 0 aromatic rings. The van der Waals surface area contributed by atoms with Crippen molar-refractivity contribution >= 4 is 0 Å². The van der Waals surface area contributed by atoms with E-state index < -0.39 is 0 Å². The zero-order valence-corrected chi connectivity index (χ0v) is 6.56. The van der Waals surface area contributed by atoms with E-state index in [1.165, 1.54) is 19.5 Å². The number of hydrogen-bond donors (Lipinski definition) is 3. The van der Waals surface area contributed by atoms with E-state index >= 15 is 0 Å². The zero-order valence-electron chi connectivity index (χ0n) is 6.56. The summed E-state index contributed by atoms with van der Waals surface area (Å²) in [6.07, 6.45) is 1.40. The Morgan fingerprint density at radius 1 is 1.70 bits per heavy atom. The summed E-state index contributed by atoms with van der Waals surface area (Å²) in [5, 5.41) is 6.43. The van der Waals surface area contributed by atoms with Crippen LogP contribution in [0.2, 0.25) is 0 Å². The van der Waals surface area contributed by atoms with Gasteiger partial charge in [-0.15, -0.1) is 0 Å². The summed E-state index contributed by atoms with van der Waals surface area (Å²) in [5.41, 5.74) is 5.51. The lowest BCUT2D eigenvalue weighted by Crippen LogP contribution is -2.44. The van der Waals surface area contributed by atoms with Crippen molar-refractivity contribution in [2.24, 2.45) is 11.7 Å². The van der Waals surface area contributed by atoms with E-state index in [2.05, 4.69) is 10.6 Å². The minimum Gasteiger partial charge on any atom is -0.316 e. The molecule has 1 unspecified atom stereocenters. The maximum atomic E-state index is 5.51. The van der Waals surface area contributed by atoms with Crippen LogP contribution in [0.5, 0.6) is 0 Å². The van der Waals surface area contributed by atoms with Crippen LogP contribution in [0.25, 0.3) is 0 Å². The molecule has 0 spiro atoms. The van der Waals surface area contributed by atoms with Gasteiger partial charge in [0.1, 0.15) is 0 Å². The van der Waals surface area contributed by atoms with Crippen molar-refractivity contribution in [3.8, 4) is 0 Å². The Kier molecular flexibility index (Phi) is 3.12. The fraction of sp³-hybridized carbons (Fsp3) is 1.00. The van der Waals surface area contributed by atoms with E-state index in [9.17, 15) is 0 Å². The molecule has 1 fully saturated rings. The third kappa shape index (κ3) is 2.64.